The molecule has 0 bridgehead atoms. The molecule has 1 aromatic rings. The van der Waals surface area contributed by atoms with Gasteiger partial charge in [-0.3, -0.25) is 4.84 Å². The van der Waals surface area contributed by atoms with E-state index in [0.717, 1.165) is 16.9 Å². The second-order valence-electron chi connectivity index (χ2n) is 3.65. The molecule has 0 spiro atoms. The van der Waals surface area contributed by atoms with Crippen molar-refractivity contribution in [3.05, 3.63) is 28.3 Å². The molecule has 0 radical (unpaired) electrons. The molecule has 0 aliphatic carbocycles. The molecule has 0 aliphatic rings. The van der Waals surface area contributed by atoms with E-state index in [1.165, 1.54) is 0 Å². The number of methoxy groups -OCH3 is 1. The summed E-state index contributed by atoms with van der Waals surface area (Å²) in [6, 6.07) is 3.71. The highest BCUT2D eigenvalue weighted by Crippen LogP contribution is 2.33. The lowest BCUT2D eigenvalue weighted by atomic mass is 9.99. The Hall–Kier alpha value is -0.770. The van der Waals surface area contributed by atoms with Gasteiger partial charge in [0, 0.05) is 10.6 Å². The molecule has 84 valence electrons. The SMILES string of the molecule is COc1c(CON)cc(Cl)cc1C(C)C. The molecule has 3 nitrogen and oxygen atoms in total. The van der Waals surface area contributed by atoms with Crippen LogP contribution in [0.3, 0.4) is 0 Å². The van der Waals surface area contributed by atoms with Crippen molar-refractivity contribution in [2.24, 2.45) is 5.90 Å². The first-order valence-corrected chi connectivity index (χ1v) is 5.16. The van der Waals surface area contributed by atoms with E-state index in [0.29, 0.717) is 17.5 Å². The fourth-order valence-corrected chi connectivity index (χ4v) is 1.80. The first-order valence-electron chi connectivity index (χ1n) is 4.78. The van der Waals surface area contributed by atoms with Crippen LogP contribution in [0.1, 0.15) is 30.9 Å². The van der Waals surface area contributed by atoms with Crippen LogP contribution in [-0.2, 0) is 11.4 Å². The van der Waals surface area contributed by atoms with Gasteiger partial charge in [-0.25, -0.2) is 5.90 Å². The largest absolute Gasteiger partial charge is 0.496 e. The standard InChI is InChI=1S/C11H16ClNO2/c1-7(2)10-5-9(12)4-8(6-15-13)11(10)14-3/h4-5,7H,6,13H2,1-3H3. The summed E-state index contributed by atoms with van der Waals surface area (Å²) in [4.78, 5) is 4.62. The number of nitrogens with two attached hydrogens (primary N) is 1. The topological polar surface area (TPSA) is 44.5 Å². The van der Waals surface area contributed by atoms with Crippen molar-refractivity contribution in [3.63, 3.8) is 0 Å². The van der Waals surface area contributed by atoms with Crippen molar-refractivity contribution in [1.82, 2.24) is 0 Å². The van der Waals surface area contributed by atoms with Gasteiger partial charge in [-0.1, -0.05) is 25.4 Å². The summed E-state index contributed by atoms with van der Waals surface area (Å²) < 4.78 is 5.35. The number of rotatable bonds is 4. The van der Waals surface area contributed by atoms with Crippen molar-refractivity contribution in [3.8, 4) is 5.75 Å². The monoisotopic (exact) mass is 229 g/mol. The molecule has 0 unspecified atom stereocenters. The molecule has 0 heterocycles. The van der Waals surface area contributed by atoms with E-state index < -0.39 is 0 Å². The minimum Gasteiger partial charge on any atom is -0.496 e. The van der Waals surface area contributed by atoms with Crippen molar-refractivity contribution in [2.75, 3.05) is 7.11 Å². The average Bonchev–Trinajstić information content (AvgIpc) is 2.17. The number of halogens is 1. The molecule has 0 atom stereocenters. The third kappa shape index (κ3) is 2.84. The summed E-state index contributed by atoms with van der Waals surface area (Å²) >= 11 is 6.01. The highest BCUT2D eigenvalue weighted by Gasteiger charge is 2.13. The summed E-state index contributed by atoms with van der Waals surface area (Å²) in [5.74, 6) is 6.21. The molecule has 0 saturated carbocycles. The predicted molar refractivity (Wildman–Crippen MR) is 61.1 cm³/mol. The van der Waals surface area contributed by atoms with Crippen LogP contribution in [0.4, 0.5) is 0 Å². The summed E-state index contributed by atoms with van der Waals surface area (Å²) in [6.07, 6.45) is 0. The molecule has 0 saturated heterocycles. The molecule has 15 heavy (non-hydrogen) atoms. The fraction of sp³-hybridized carbons (Fsp3) is 0.455. The first kappa shape index (κ1) is 12.3. The highest BCUT2D eigenvalue weighted by molar-refractivity contribution is 6.30. The maximum atomic E-state index is 6.01. The Balaban J connectivity index is 3.25. The van der Waals surface area contributed by atoms with Crippen LogP contribution in [0.2, 0.25) is 5.02 Å². The van der Waals surface area contributed by atoms with E-state index in [1.807, 2.05) is 6.07 Å². The van der Waals surface area contributed by atoms with E-state index in [9.17, 15) is 0 Å². The third-order valence-electron chi connectivity index (χ3n) is 2.22. The van der Waals surface area contributed by atoms with Gasteiger partial charge in [-0.2, -0.15) is 0 Å². The van der Waals surface area contributed by atoms with Crippen LogP contribution in [0.5, 0.6) is 5.75 Å². The lowest BCUT2D eigenvalue weighted by Gasteiger charge is -2.16. The smallest absolute Gasteiger partial charge is 0.128 e. The van der Waals surface area contributed by atoms with Crippen LogP contribution in [-0.4, -0.2) is 7.11 Å². The van der Waals surface area contributed by atoms with Crippen molar-refractivity contribution in [1.29, 1.82) is 0 Å². The molecule has 1 rings (SSSR count). The zero-order valence-corrected chi connectivity index (χ0v) is 9.97. The quantitative estimate of drug-likeness (QED) is 0.808. The summed E-state index contributed by atoms with van der Waals surface area (Å²) in [5.41, 5.74) is 1.94. The maximum absolute atomic E-state index is 6.01. The summed E-state index contributed by atoms with van der Waals surface area (Å²) in [5, 5.41) is 0.673. The van der Waals surface area contributed by atoms with Gasteiger partial charge < -0.3 is 4.74 Å². The molecular weight excluding hydrogens is 214 g/mol. The van der Waals surface area contributed by atoms with Crippen LogP contribution in [0.15, 0.2) is 12.1 Å². The van der Waals surface area contributed by atoms with Gasteiger partial charge in [0.25, 0.3) is 0 Å². The zero-order valence-electron chi connectivity index (χ0n) is 9.21. The maximum Gasteiger partial charge on any atom is 0.128 e. The Labute approximate surface area is 95.1 Å². The van der Waals surface area contributed by atoms with Gasteiger partial charge in [0.1, 0.15) is 5.75 Å². The third-order valence-corrected chi connectivity index (χ3v) is 2.44. The second kappa shape index (κ2) is 5.35. The Morgan fingerprint density at radius 1 is 1.40 bits per heavy atom. The molecule has 0 amide bonds. The van der Waals surface area contributed by atoms with Crippen molar-refractivity contribution < 1.29 is 9.57 Å². The minimum atomic E-state index is 0.295. The van der Waals surface area contributed by atoms with Gasteiger partial charge in [-0.05, 0) is 23.6 Å². The van der Waals surface area contributed by atoms with Gasteiger partial charge in [0.05, 0.1) is 13.7 Å². The lowest BCUT2D eigenvalue weighted by Crippen LogP contribution is -2.04. The second-order valence-corrected chi connectivity index (χ2v) is 4.09. The molecule has 0 aromatic heterocycles. The Morgan fingerprint density at radius 3 is 2.53 bits per heavy atom. The van der Waals surface area contributed by atoms with Crippen LogP contribution < -0.4 is 10.6 Å². The van der Waals surface area contributed by atoms with Crippen LogP contribution >= 0.6 is 11.6 Å². The summed E-state index contributed by atoms with van der Waals surface area (Å²) in [7, 11) is 1.63. The van der Waals surface area contributed by atoms with Crippen LogP contribution in [0.25, 0.3) is 0 Å². The van der Waals surface area contributed by atoms with E-state index in [4.69, 9.17) is 22.2 Å². The van der Waals surface area contributed by atoms with Gasteiger partial charge >= 0.3 is 0 Å². The normalized spacial score (nSPS) is 10.8. The molecule has 1 aromatic carbocycles. The van der Waals surface area contributed by atoms with Gasteiger partial charge in [0.2, 0.25) is 0 Å². The fourth-order valence-electron chi connectivity index (χ4n) is 1.55. The van der Waals surface area contributed by atoms with E-state index in [1.54, 1.807) is 13.2 Å². The highest BCUT2D eigenvalue weighted by atomic mass is 35.5. The Kier molecular flexibility index (Phi) is 4.39. The molecule has 2 N–H and O–H groups in total. The minimum absolute atomic E-state index is 0.295. The van der Waals surface area contributed by atoms with Crippen molar-refractivity contribution in [2.45, 2.75) is 26.4 Å². The molecular formula is C11H16ClNO2. The molecule has 0 fully saturated rings. The van der Waals surface area contributed by atoms with E-state index in [-0.39, 0.29) is 0 Å². The summed E-state index contributed by atoms with van der Waals surface area (Å²) in [6.45, 7) is 4.46. The Bertz CT molecular complexity index is 340. The molecule has 4 heteroatoms. The average molecular weight is 230 g/mol. The van der Waals surface area contributed by atoms with Crippen LogP contribution in [0, 0.1) is 0 Å². The lowest BCUT2D eigenvalue weighted by molar-refractivity contribution is 0.122. The molecule has 0 aliphatic heterocycles. The number of hydrogen-bond donors (Lipinski definition) is 1. The zero-order chi connectivity index (χ0) is 11.4. The Morgan fingerprint density at radius 2 is 2.07 bits per heavy atom. The number of hydrogen-bond acceptors (Lipinski definition) is 3. The van der Waals surface area contributed by atoms with Gasteiger partial charge in [0.15, 0.2) is 0 Å². The van der Waals surface area contributed by atoms with Gasteiger partial charge in [-0.15, -0.1) is 0 Å². The van der Waals surface area contributed by atoms with E-state index in [2.05, 4.69) is 18.7 Å². The number of ether oxygens (including phenoxy) is 1. The number of benzene rings is 1. The predicted octanol–water partition coefficient (Wildman–Crippen LogP) is 2.86. The van der Waals surface area contributed by atoms with E-state index >= 15 is 0 Å². The van der Waals surface area contributed by atoms with Crippen molar-refractivity contribution >= 4 is 11.6 Å². The first-order chi connectivity index (χ1) is 7.10.